The normalized spacial score (nSPS) is 17.3. The standard InChI is InChI=1S/C23H29FN2O3/c1-5-22(27)25-15(2)23-19-13-21(29-4)20(28-3)12-17(19)10-11-26(23)14-16-6-8-18(24)9-7-16/h6-9,12-13,15,23H,5,10-11,14H2,1-4H3,(H,25,27)/t15-,23+/m1/s1. The molecule has 1 N–H and O–H groups in total. The largest absolute Gasteiger partial charge is 0.493 e. The van der Waals surface area contributed by atoms with Crippen LogP contribution in [0.2, 0.25) is 0 Å². The zero-order valence-corrected chi connectivity index (χ0v) is 17.5. The maximum atomic E-state index is 13.3. The summed E-state index contributed by atoms with van der Waals surface area (Å²) >= 11 is 0. The Morgan fingerprint density at radius 1 is 1.21 bits per heavy atom. The number of halogens is 1. The Morgan fingerprint density at radius 3 is 2.48 bits per heavy atom. The van der Waals surface area contributed by atoms with Crippen LogP contribution in [0.15, 0.2) is 36.4 Å². The van der Waals surface area contributed by atoms with E-state index in [-0.39, 0.29) is 23.8 Å². The van der Waals surface area contributed by atoms with E-state index in [4.69, 9.17) is 9.47 Å². The molecule has 1 aliphatic rings. The Balaban J connectivity index is 1.98. The average molecular weight is 400 g/mol. The summed E-state index contributed by atoms with van der Waals surface area (Å²) < 4.78 is 24.3. The molecule has 1 heterocycles. The van der Waals surface area contributed by atoms with Gasteiger partial charge in [0.2, 0.25) is 5.91 Å². The van der Waals surface area contributed by atoms with Crippen LogP contribution in [0.1, 0.15) is 43.0 Å². The van der Waals surface area contributed by atoms with Crippen LogP contribution < -0.4 is 14.8 Å². The molecule has 1 aliphatic heterocycles. The van der Waals surface area contributed by atoms with E-state index in [1.165, 1.54) is 17.7 Å². The van der Waals surface area contributed by atoms with Gasteiger partial charge in [-0.1, -0.05) is 19.1 Å². The fraction of sp³-hybridized carbons (Fsp3) is 0.435. The van der Waals surface area contributed by atoms with Crippen molar-refractivity contribution in [3.63, 3.8) is 0 Å². The Kier molecular flexibility index (Phi) is 6.75. The number of hydrogen-bond donors (Lipinski definition) is 1. The van der Waals surface area contributed by atoms with Crippen LogP contribution in [0.5, 0.6) is 11.5 Å². The number of nitrogens with zero attached hydrogens (tertiary/aromatic N) is 1. The number of carbonyl (C=O) groups is 1. The first kappa shape index (κ1) is 21.1. The van der Waals surface area contributed by atoms with Crippen LogP contribution >= 0.6 is 0 Å². The SMILES string of the molecule is CCC(=O)N[C@H](C)[C@H]1c2cc(OC)c(OC)cc2CCN1Cc1ccc(F)cc1. The zero-order valence-electron chi connectivity index (χ0n) is 17.5. The predicted octanol–water partition coefficient (Wildman–Crippen LogP) is 3.86. The molecule has 0 aromatic heterocycles. The van der Waals surface area contributed by atoms with Gasteiger partial charge in [-0.05, 0) is 54.3 Å². The first-order valence-corrected chi connectivity index (χ1v) is 9.99. The Bertz CT molecular complexity index is 854. The molecule has 2 atom stereocenters. The van der Waals surface area contributed by atoms with Crippen molar-refractivity contribution in [2.24, 2.45) is 0 Å². The fourth-order valence-electron chi connectivity index (χ4n) is 4.05. The van der Waals surface area contributed by atoms with Crippen molar-refractivity contribution in [2.75, 3.05) is 20.8 Å². The molecule has 5 nitrogen and oxygen atoms in total. The summed E-state index contributed by atoms with van der Waals surface area (Å²) in [6, 6.07) is 10.5. The summed E-state index contributed by atoms with van der Waals surface area (Å²) in [7, 11) is 3.26. The molecule has 156 valence electrons. The summed E-state index contributed by atoms with van der Waals surface area (Å²) in [5, 5.41) is 3.12. The quantitative estimate of drug-likeness (QED) is 0.767. The minimum Gasteiger partial charge on any atom is -0.493 e. The number of fused-ring (bicyclic) bond motifs is 1. The van der Waals surface area contributed by atoms with Crippen molar-refractivity contribution in [1.29, 1.82) is 0 Å². The summed E-state index contributed by atoms with van der Waals surface area (Å²) in [4.78, 5) is 14.4. The number of amides is 1. The van der Waals surface area contributed by atoms with E-state index in [1.54, 1.807) is 14.2 Å². The van der Waals surface area contributed by atoms with Crippen molar-refractivity contribution in [3.8, 4) is 11.5 Å². The highest BCUT2D eigenvalue weighted by atomic mass is 19.1. The number of hydrogen-bond acceptors (Lipinski definition) is 4. The first-order chi connectivity index (χ1) is 14.0. The average Bonchev–Trinajstić information content (AvgIpc) is 2.73. The van der Waals surface area contributed by atoms with Gasteiger partial charge < -0.3 is 14.8 Å². The fourth-order valence-corrected chi connectivity index (χ4v) is 4.05. The Morgan fingerprint density at radius 2 is 1.86 bits per heavy atom. The van der Waals surface area contributed by atoms with Crippen LogP contribution in [-0.2, 0) is 17.8 Å². The molecule has 0 saturated carbocycles. The van der Waals surface area contributed by atoms with E-state index in [1.807, 2.05) is 38.1 Å². The van der Waals surface area contributed by atoms with Crippen molar-refractivity contribution >= 4 is 5.91 Å². The van der Waals surface area contributed by atoms with E-state index < -0.39 is 0 Å². The topological polar surface area (TPSA) is 50.8 Å². The lowest BCUT2D eigenvalue weighted by molar-refractivity contribution is -0.121. The molecule has 0 saturated heterocycles. The third-order valence-corrected chi connectivity index (χ3v) is 5.51. The molecule has 0 unspecified atom stereocenters. The summed E-state index contributed by atoms with van der Waals surface area (Å²) in [5.74, 6) is 1.16. The molecule has 0 spiro atoms. The molecule has 0 bridgehead atoms. The minimum absolute atomic E-state index is 0.0202. The summed E-state index contributed by atoms with van der Waals surface area (Å²) in [6.45, 7) is 5.38. The van der Waals surface area contributed by atoms with Crippen LogP contribution in [-0.4, -0.2) is 37.6 Å². The van der Waals surface area contributed by atoms with Gasteiger partial charge in [-0.15, -0.1) is 0 Å². The second-order valence-corrected chi connectivity index (χ2v) is 7.41. The van der Waals surface area contributed by atoms with E-state index in [2.05, 4.69) is 10.2 Å². The molecule has 0 fully saturated rings. The Hall–Kier alpha value is -2.60. The highest BCUT2D eigenvalue weighted by Gasteiger charge is 2.33. The molecule has 0 radical (unpaired) electrons. The van der Waals surface area contributed by atoms with Crippen molar-refractivity contribution in [1.82, 2.24) is 10.2 Å². The number of benzene rings is 2. The summed E-state index contributed by atoms with van der Waals surface area (Å²) in [6.07, 6.45) is 1.30. The predicted molar refractivity (Wildman–Crippen MR) is 111 cm³/mol. The maximum absolute atomic E-state index is 13.3. The second-order valence-electron chi connectivity index (χ2n) is 7.41. The third kappa shape index (κ3) is 4.70. The van der Waals surface area contributed by atoms with Gasteiger partial charge >= 0.3 is 0 Å². The number of rotatable bonds is 7. The van der Waals surface area contributed by atoms with E-state index in [0.29, 0.717) is 24.5 Å². The van der Waals surface area contributed by atoms with Gasteiger partial charge in [0.25, 0.3) is 0 Å². The third-order valence-electron chi connectivity index (χ3n) is 5.51. The van der Waals surface area contributed by atoms with Crippen molar-refractivity contribution < 1.29 is 18.7 Å². The van der Waals surface area contributed by atoms with Crippen molar-refractivity contribution in [2.45, 2.75) is 45.3 Å². The highest BCUT2D eigenvalue weighted by molar-refractivity contribution is 5.76. The van der Waals surface area contributed by atoms with Crippen LogP contribution in [0.3, 0.4) is 0 Å². The monoisotopic (exact) mass is 400 g/mol. The van der Waals surface area contributed by atoms with Crippen molar-refractivity contribution in [3.05, 3.63) is 58.9 Å². The van der Waals surface area contributed by atoms with E-state index >= 15 is 0 Å². The van der Waals surface area contributed by atoms with Crippen LogP contribution in [0, 0.1) is 5.82 Å². The highest BCUT2D eigenvalue weighted by Crippen LogP contribution is 2.40. The molecule has 1 amide bonds. The van der Waals surface area contributed by atoms with E-state index in [0.717, 1.165) is 24.1 Å². The minimum atomic E-state index is -0.241. The number of carbonyl (C=O) groups excluding carboxylic acids is 1. The summed E-state index contributed by atoms with van der Waals surface area (Å²) in [5.41, 5.74) is 3.36. The second kappa shape index (κ2) is 9.27. The van der Waals surface area contributed by atoms with Gasteiger partial charge in [0.15, 0.2) is 11.5 Å². The first-order valence-electron chi connectivity index (χ1n) is 9.99. The lowest BCUT2D eigenvalue weighted by Crippen LogP contribution is -2.47. The number of methoxy groups -OCH3 is 2. The van der Waals surface area contributed by atoms with E-state index in [9.17, 15) is 9.18 Å². The zero-order chi connectivity index (χ0) is 21.0. The van der Waals surface area contributed by atoms with Gasteiger partial charge in [-0.2, -0.15) is 0 Å². The maximum Gasteiger partial charge on any atom is 0.219 e. The lowest BCUT2D eigenvalue weighted by Gasteiger charge is -2.41. The smallest absolute Gasteiger partial charge is 0.219 e. The van der Waals surface area contributed by atoms with Gasteiger partial charge in [-0.3, -0.25) is 9.69 Å². The Labute approximate surface area is 171 Å². The molecule has 29 heavy (non-hydrogen) atoms. The molecular weight excluding hydrogens is 371 g/mol. The molecule has 0 aliphatic carbocycles. The molecule has 2 aromatic carbocycles. The number of nitrogens with one attached hydrogen (secondary N) is 1. The van der Waals surface area contributed by atoms with Crippen LogP contribution in [0.25, 0.3) is 0 Å². The van der Waals surface area contributed by atoms with Crippen LogP contribution in [0.4, 0.5) is 4.39 Å². The molecule has 2 aromatic rings. The molecule has 6 heteroatoms. The van der Waals surface area contributed by atoms with Gasteiger partial charge in [0.1, 0.15) is 5.82 Å². The van der Waals surface area contributed by atoms with Gasteiger partial charge in [0, 0.05) is 25.6 Å². The van der Waals surface area contributed by atoms with Gasteiger partial charge in [-0.25, -0.2) is 4.39 Å². The molecule has 3 rings (SSSR count). The lowest BCUT2D eigenvalue weighted by atomic mass is 9.87. The van der Waals surface area contributed by atoms with Gasteiger partial charge in [0.05, 0.1) is 20.3 Å². The number of ether oxygens (including phenoxy) is 2. The molecular formula is C23H29FN2O3.